The van der Waals surface area contributed by atoms with Crippen molar-refractivity contribution in [3.8, 4) is 0 Å². The van der Waals surface area contributed by atoms with E-state index in [0.29, 0.717) is 0 Å². The van der Waals surface area contributed by atoms with Gasteiger partial charge in [-0.1, -0.05) is 38.5 Å². The first-order valence-corrected chi connectivity index (χ1v) is 27.4. The van der Waals surface area contributed by atoms with E-state index in [2.05, 4.69) is 39.3 Å². The molecule has 184 valence electrons. The summed E-state index contributed by atoms with van der Waals surface area (Å²) in [6.45, 7) is 16.6. The SMILES string of the molecule is C[Si]1O[Si](C)O[Si](C)(CCCCCCCC[Si]2(C)O[Si](C)O[Si](C)O[Si](C)O2)O[Si](C)O1. The van der Waals surface area contributed by atoms with Crippen LogP contribution in [-0.2, 0) is 32.9 Å². The van der Waals surface area contributed by atoms with Crippen molar-refractivity contribution in [1.82, 2.24) is 0 Å². The third-order valence-corrected chi connectivity index (χ3v) is 28.3. The van der Waals surface area contributed by atoms with Crippen LogP contribution in [0.15, 0.2) is 0 Å². The lowest BCUT2D eigenvalue weighted by molar-refractivity contribution is 0.270. The molecular weight excluding hydrogens is 545 g/mol. The molecule has 0 aromatic rings. The van der Waals surface area contributed by atoms with Crippen molar-refractivity contribution in [3.63, 3.8) is 0 Å². The molecule has 2 saturated heterocycles. The van der Waals surface area contributed by atoms with Gasteiger partial charge in [-0.2, -0.15) is 0 Å². The smallest absolute Gasteiger partial charge is 0.362 e. The van der Waals surface area contributed by atoms with E-state index in [4.69, 9.17) is 32.9 Å². The Morgan fingerprint density at radius 3 is 0.938 bits per heavy atom. The second kappa shape index (κ2) is 14.2. The van der Waals surface area contributed by atoms with E-state index in [1.165, 1.54) is 25.7 Å². The van der Waals surface area contributed by atoms with E-state index in [1.54, 1.807) is 0 Å². The van der Waals surface area contributed by atoms with Gasteiger partial charge in [-0.25, -0.2) is 0 Å². The van der Waals surface area contributed by atoms with Crippen molar-refractivity contribution in [2.24, 2.45) is 0 Å². The minimum absolute atomic E-state index is 1.02. The largest absolute Gasteiger partial charge is 0.415 e. The summed E-state index contributed by atoms with van der Waals surface area (Å²) in [6, 6.07) is 2.04. The van der Waals surface area contributed by atoms with Gasteiger partial charge in [-0.3, -0.25) is 0 Å². The predicted molar refractivity (Wildman–Crippen MR) is 139 cm³/mol. The van der Waals surface area contributed by atoms with Gasteiger partial charge < -0.3 is 32.9 Å². The van der Waals surface area contributed by atoms with Gasteiger partial charge >= 0.3 is 72.8 Å². The van der Waals surface area contributed by atoms with Crippen LogP contribution in [0.1, 0.15) is 38.5 Å². The maximum Gasteiger partial charge on any atom is 0.362 e. The molecule has 0 saturated carbocycles. The summed E-state index contributed by atoms with van der Waals surface area (Å²) in [6.07, 6.45) is 7.21. The molecule has 0 aliphatic carbocycles. The summed E-state index contributed by atoms with van der Waals surface area (Å²) in [5.74, 6) is 0. The fraction of sp³-hybridized carbons (Fsp3) is 1.00. The van der Waals surface area contributed by atoms with Gasteiger partial charge in [0.15, 0.2) is 0 Å². The first kappa shape index (κ1) is 29.6. The quantitative estimate of drug-likeness (QED) is 0.293. The minimum Gasteiger partial charge on any atom is -0.415 e. The Balaban J connectivity index is 1.62. The lowest BCUT2D eigenvalue weighted by Gasteiger charge is -2.35. The fourth-order valence-corrected chi connectivity index (χ4v) is 28.0. The molecule has 2 rings (SSSR count). The Morgan fingerprint density at radius 2 is 0.656 bits per heavy atom. The Kier molecular flexibility index (Phi) is 13.2. The van der Waals surface area contributed by atoms with Crippen LogP contribution in [0.3, 0.4) is 0 Å². The molecule has 8 nitrogen and oxygen atoms in total. The Hall–Kier alpha value is 1.42. The molecule has 2 fully saturated rings. The molecule has 0 aromatic carbocycles. The number of unbranched alkanes of at least 4 members (excludes halogenated alkanes) is 5. The molecule has 0 aromatic heterocycles. The Labute approximate surface area is 208 Å². The summed E-state index contributed by atoms with van der Waals surface area (Å²) >= 11 is 0. The van der Waals surface area contributed by atoms with Crippen LogP contribution >= 0.6 is 0 Å². The van der Waals surface area contributed by atoms with Gasteiger partial charge in [0.1, 0.15) is 0 Å². The molecule has 0 N–H and O–H groups in total. The molecule has 2 aliphatic heterocycles. The second-order valence-electron chi connectivity index (χ2n) is 8.65. The average Bonchev–Trinajstić information content (AvgIpc) is 2.60. The minimum atomic E-state index is -2.20. The molecule has 0 spiro atoms. The summed E-state index contributed by atoms with van der Waals surface area (Å²) in [4.78, 5) is 0. The normalized spacial score (nSPS) is 25.9. The number of hydrogen-bond donors (Lipinski definition) is 0. The van der Waals surface area contributed by atoms with Crippen LogP contribution in [0.2, 0.25) is 64.5 Å². The van der Waals surface area contributed by atoms with E-state index in [-0.39, 0.29) is 0 Å². The summed E-state index contributed by atoms with van der Waals surface area (Å²) < 4.78 is 49.0. The van der Waals surface area contributed by atoms with Crippen LogP contribution in [0.4, 0.5) is 0 Å². The molecular formula is C16H40O8Si8. The zero-order valence-electron chi connectivity index (χ0n) is 20.9. The van der Waals surface area contributed by atoms with Gasteiger partial charge in [0.25, 0.3) is 0 Å². The van der Waals surface area contributed by atoms with Crippen LogP contribution < -0.4 is 0 Å². The summed E-state index contributed by atoms with van der Waals surface area (Å²) in [5, 5.41) is 0. The summed E-state index contributed by atoms with van der Waals surface area (Å²) in [7, 11) is -11.9. The monoisotopic (exact) mass is 584 g/mol. The van der Waals surface area contributed by atoms with Gasteiger partial charge in [0.05, 0.1) is 0 Å². The van der Waals surface area contributed by atoms with Crippen LogP contribution in [0, 0.1) is 0 Å². The maximum atomic E-state index is 6.32. The van der Waals surface area contributed by atoms with Gasteiger partial charge in [-0.05, 0) is 64.5 Å². The second-order valence-corrected chi connectivity index (χ2v) is 26.6. The Bertz CT molecular complexity index is 478. The molecule has 0 atom stereocenters. The van der Waals surface area contributed by atoms with E-state index < -0.39 is 72.8 Å². The third kappa shape index (κ3) is 11.4. The third-order valence-electron chi connectivity index (χ3n) is 5.10. The van der Waals surface area contributed by atoms with E-state index in [0.717, 1.165) is 24.9 Å². The lowest BCUT2D eigenvalue weighted by atomic mass is 10.1. The van der Waals surface area contributed by atoms with Crippen molar-refractivity contribution < 1.29 is 32.9 Å². The molecule has 0 bridgehead atoms. The zero-order chi connectivity index (χ0) is 23.8. The van der Waals surface area contributed by atoms with E-state index in [9.17, 15) is 0 Å². The number of hydrogen-bond acceptors (Lipinski definition) is 8. The van der Waals surface area contributed by atoms with E-state index in [1.807, 2.05) is 13.1 Å². The zero-order valence-corrected chi connectivity index (χ0v) is 28.9. The highest BCUT2D eigenvalue weighted by Crippen LogP contribution is 2.25. The number of rotatable bonds is 9. The molecule has 2 heterocycles. The molecule has 0 amide bonds. The van der Waals surface area contributed by atoms with Crippen LogP contribution in [0.25, 0.3) is 0 Å². The standard InChI is InChI=1S/C16H40O8Si8/c1-25-17-27(3)21-31(7,22-28(4)18-25)15-13-11-9-10-12-14-16-32(8)23-29(5)19-26(2)20-30(6)24-32/h9-16H2,1-8H3. The Morgan fingerprint density at radius 1 is 0.406 bits per heavy atom. The first-order valence-electron chi connectivity index (χ1n) is 11.5. The van der Waals surface area contributed by atoms with Crippen molar-refractivity contribution in [2.45, 2.75) is 103 Å². The van der Waals surface area contributed by atoms with Gasteiger partial charge in [0.2, 0.25) is 0 Å². The van der Waals surface area contributed by atoms with Gasteiger partial charge in [-0.15, -0.1) is 0 Å². The lowest BCUT2D eigenvalue weighted by Crippen LogP contribution is -2.53. The fourth-order valence-electron chi connectivity index (χ4n) is 4.00. The highest BCUT2D eigenvalue weighted by molar-refractivity contribution is 6.81. The van der Waals surface area contributed by atoms with E-state index >= 15 is 0 Å². The van der Waals surface area contributed by atoms with Crippen molar-refractivity contribution >= 4 is 72.8 Å². The molecule has 16 heteroatoms. The highest BCUT2D eigenvalue weighted by atomic mass is 28.5. The van der Waals surface area contributed by atoms with Crippen molar-refractivity contribution in [2.75, 3.05) is 0 Å². The first-order chi connectivity index (χ1) is 15.0. The van der Waals surface area contributed by atoms with Gasteiger partial charge in [0, 0.05) is 0 Å². The molecule has 6 radical (unpaired) electrons. The van der Waals surface area contributed by atoms with Crippen LogP contribution in [-0.4, -0.2) is 72.8 Å². The maximum absolute atomic E-state index is 6.32. The van der Waals surface area contributed by atoms with Crippen LogP contribution in [0.5, 0.6) is 0 Å². The average molecular weight is 585 g/mol. The molecule has 32 heavy (non-hydrogen) atoms. The summed E-state index contributed by atoms with van der Waals surface area (Å²) in [5.41, 5.74) is 0. The van der Waals surface area contributed by atoms with Crippen molar-refractivity contribution in [3.05, 3.63) is 0 Å². The molecule has 2 aliphatic rings. The topological polar surface area (TPSA) is 73.8 Å². The highest BCUT2D eigenvalue weighted by Gasteiger charge is 2.41. The van der Waals surface area contributed by atoms with Crippen molar-refractivity contribution in [1.29, 1.82) is 0 Å². The molecule has 0 unspecified atom stereocenters. The predicted octanol–water partition coefficient (Wildman–Crippen LogP) is 4.34.